The van der Waals surface area contributed by atoms with E-state index < -0.39 is 0 Å². The second kappa shape index (κ2) is 5.33. The number of hydrogen-bond acceptors (Lipinski definition) is 2. The Morgan fingerprint density at radius 2 is 2.06 bits per heavy atom. The van der Waals surface area contributed by atoms with Gasteiger partial charge in [-0.15, -0.1) is 0 Å². The number of halogens is 1. The van der Waals surface area contributed by atoms with E-state index in [1.165, 1.54) is 6.07 Å². The molecule has 0 unspecified atom stereocenters. The molecule has 0 saturated carbocycles. The van der Waals surface area contributed by atoms with E-state index in [9.17, 15) is 4.39 Å². The fourth-order valence-corrected chi connectivity index (χ4v) is 1.61. The molecular weight excluding hydrogens is 229 g/mol. The first kappa shape index (κ1) is 12.1. The first-order valence-corrected chi connectivity index (χ1v) is 5.57. The van der Waals surface area contributed by atoms with Gasteiger partial charge in [-0.25, -0.2) is 4.39 Å². The Labute approximate surface area is 105 Å². The van der Waals surface area contributed by atoms with Gasteiger partial charge >= 0.3 is 0 Å². The molecule has 0 aromatic heterocycles. The number of nitriles is 1. The number of ether oxygens (including phenoxy) is 1. The summed E-state index contributed by atoms with van der Waals surface area (Å²) in [4.78, 5) is 0. The summed E-state index contributed by atoms with van der Waals surface area (Å²) in [7, 11) is 0. The first-order valence-electron chi connectivity index (χ1n) is 5.57. The molecule has 90 valence electrons. The van der Waals surface area contributed by atoms with Crippen molar-refractivity contribution >= 4 is 0 Å². The molecule has 18 heavy (non-hydrogen) atoms. The number of aryl methyl sites for hydroxylation is 1. The molecule has 0 amide bonds. The standard InChI is InChI=1S/C15H12FNO/c1-11-5-6-14(16)15(7-11)18-10-13-4-2-3-12(8-13)9-17/h2-8H,10H2,1H3. The van der Waals surface area contributed by atoms with Gasteiger partial charge in [0.1, 0.15) is 6.61 Å². The minimum absolute atomic E-state index is 0.234. The maximum Gasteiger partial charge on any atom is 0.165 e. The average Bonchev–Trinajstić information content (AvgIpc) is 2.40. The third-order valence-corrected chi connectivity index (χ3v) is 2.54. The molecule has 0 aliphatic carbocycles. The minimum Gasteiger partial charge on any atom is -0.486 e. The van der Waals surface area contributed by atoms with E-state index in [2.05, 4.69) is 6.07 Å². The Morgan fingerprint density at radius 1 is 1.22 bits per heavy atom. The van der Waals surface area contributed by atoms with E-state index in [-0.39, 0.29) is 18.2 Å². The lowest BCUT2D eigenvalue weighted by Crippen LogP contribution is -1.98. The van der Waals surface area contributed by atoms with Crippen LogP contribution in [0.4, 0.5) is 4.39 Å². The molecule has 0 radical (unpaired) electrons. The zero-order valence-corrected chi connectivity index (χ0v) is 9.98. The van der Waals surface area contributed by atoms with Crippen molar-refractivity contribution in [2.24, 2.45) is 0 Å². The Bertz CT molecular complexity index is 602. The van der Waals surface area contributed by atoms with Crippen LogP contribution in [0.1, 0.15) is 16.7 Å². The zero-order valence-electron chi connectivity index (χ0n) is 9.98. The summed E-state index contributed by atoms with van der Waals surface area (Å²) in [5, 5.41) is 8.78. The number of nitrogens with zero attached hydrogens (tertiary/aromatic N) is 1. The smallest absolute Gasteiger partial charge is 0.165 e. The summed E-state index contributed by atoms with van der Waals surface area (Å²) in [5.41, 5.74) is 2.35. The molecule has 3 heteroatoms. The van der Waals surface area contributed by atoms with Crippen molar-refractivity contribution in [2.45, 2.75) is 13.5 Å². The van der Waals surface area contributed by atoms with E-state index in [4.69, 9.17) is 10.00 Å². The van der Waals surface area contributed by atoms with Crippen LogP contribution in [0.3, 0.4) is 0 Å². The summed E-state index contributed by atoms with van der Waals surface area (Å²) in [6.45, 7) is 2.12. The van der Waals surface area contributed by atoms with Crippen LogP contribution >= 0.6 is 0 Å². The normalized spacial score (nSPS) is 9.83. The van der Waals surface area contributed by atoms with Crippen LogP contribution in [0.5, 0.6) is 5.75 Å². The molecular formula is C15H12FNO. The maximum atomic E-state index is 13.4. The summed E-state index contributed by atoms with van der Waals surface area (Å²) in [6.07, 6.45) is 0. The van der Waals surface area contributed by atoms with Crippen molar-refractivity contribution in [3.05, 3.63) is 65.0 Å². The molecule has 2 aromatic carbocycles. The Balaban J connectivity index is 2.11. The van der Waals surface area contributed by atoms with Gasteiger partial charge in [0.25, 0.3) is 0 Å². The van der Waals surface area contributed by atoms with Gasteiger partial charge in [0.15, 0.2) is 11.6 Å². The molecule has 0 aliphatic heterocycles. The first-order chi connectivity index (χ1) is 8.69. The summed E-state index contributed by atoms with van der Waals surface area (Å²) in [6, 6.07) is 13.9. The van der Waals surface area contributed by atoms with Gasteiger partial charge in [0.2, 0.25) is 0 Å². The van der Waals surface area contributed by atoms with E-state index in [1.54, 1.807) is 30.3 Å². The highest BCUT2D eigenvalue weighted by Crippen LogP contribution is 2.19. The average molecular weight is 241 g/mol. The molecule has 0 bridgehead atoms. The van der Waals surface area contributed by atoms with Crippen molar-refractivity contribution in [1.29, 1.82) is 5.26 Å². The van der Waals surface area contributed by atoms with Crippen molar-refractivity contribution in [3.63, 3.8) is 0 Å². The van der Waals surface area contributed by atoms with Crippen molar-refractivity contribution < 1.29 is 9.13 Å². The predicted octanol–water partition coefficient (Wildman–Crippen LogP) is 3.58. The van der Waals surface area contributed by atoms with Gasteiger partial charge < -0.3 is 4.74 Å². The van der Waals surface area contributed by atoms with Gasteiger partial charge in [0.05, 0.1) is 11.6 Å². The van der Waals surface area contributed by atoms with Crippen LogP contribution in [0.2, 0.25) is 0 Å². The molecule has 0 N–H and O–H groups in total. The van der Waals surface area contributed by atoms with Gasteiger partial charge in [-0.2, -0.15) is 5.26 Å². The van der Waals surface area contributed by atoms with E-state index in [0.717, 1.165) is 11.1 Å². The number of rotatable bonds is 3. The molecule has 0 saturated heterocycles. The lowest BCUT2D eigenvalue weighted by molar-refractivity contribution is 0.290. The van der Waals surface area contributed by atoms with Crippen molar-refractivity contribution in [3.8, 4) is 11.8 Å². The minimum atomic E-state index is -0.378. The van der Waals surface area contributed by atoms with Crippen LogP contribution in [-0.2, 0) is 6.61 Å². The Morgan fingerprint density at radius 3 is 2.83 bits per heavy atom. The van der Waals surface area contributed by atoms with Gasteiger partial charge in [0, 0.05) is 0 Å². The van der Waals surface area contributed by atoms with Crippen LogP contribution < -0.4 is 4.74 Å². The van der Waals surface area contributed by atoms with Gasteiger partial charge in [-0.1, -0.05) is 18.2 Å². The lowest BCUT2D eigenvalue weighted by atomic mass is 10.1. The second-order valence-electron chi connectivity index (χ2n) is 4.03. The van der Waals surface area contributed by atoms with E-state index >= 15 is 0 Å². The van der Waals surface area contributed by atoms with Crippen molar-refractivity contribution in [2.75, 3.05) is 0 Å². The van der Waals surface area contributed by atoms with Crippen LogP contribution in [0, 0.1) is 24.1 Å². The van der Waals surface area contributed by atoms with Gasteiger partial charge in [-0.05, 0) is 42.3 Å². The molecule has 0 aliphatic rings. The largest absolute Gasteiger partial charge is 0.486 e. The highest BCUT2D eigenvalue weighted by atomic mass is 19.1. The topological polar surface area (TPSA) is 33.0 Å². The SMILES string of the molecule is Cc1ccc(F)c(OCc2cccc(C#N)c2)c1. The molecule has 0 spiro atoms. The highest BCUT2D eigenvalue weighted by molar-refractivity contribution is 5.33. The lowest BCUT2D eigenvalue weighted by Gasteiger charge is -2.08. The monoisotopic (exact) mass is 241 g/mol. The maximum absolute atomic E-state index is 13.4. The summed E-state index contributed by atoms with van der Waals surface area (Å²) < 4.78 is 18.9. The van der Waals surface area contributed by atoms with Crippen LogP contribution in [0.25, 0.3) is 0 Å². The second-order valence-corrected chi connectivity index (χ2v) is 4.03. The number of benzene rings is 2. The van der Waals surface area contributed by atoms with E-state index in [0.29, 0.717) is 5.56 Å². The fourth-order valence-electron chi connectivity index (χ4n) is 1.61. The van der Waals surface area contributed by atoms with Gasteiger partial charge in [-0.3, -0.25) is 0 Å². The predicted molar refractivity (Wildman–Crippen MR) is 66.6 cm³/mol. The molecule has 0 fully saturated rings. The zero-order chi connectivity index (χ0) is 13.0. The fraction of sp³-hybridized carbons (Fsp3) is 0.133. The summed E-state index contributed by atoms with van der Waals surface area (Å²) in [5.74, 6) is -0.144. The molecule has 2 nitrogen and oxygen atoms in total. The number of hydrogen-bond donors (Lipinski definition) is 0. The summed E-state index contributed by atoms with van der Waals surface area (Å²) >= 11 is 0. The third-order valence-electron chi connectivity index (χ3n) is 2.54. The van der Waals surface area contributed by atoms with E-state index in [1.807, 2.05) is 13.0 Å². The van der Waals surface area contributed by atoms with Crippen LogP contribution in [-0.4, -0.2) is 0 Å². The third kappa shape index (κ3) is 2.86. The Kier molecular flexibility index (Phi) is 3.59. The molecule has 2 aromatic rings. The molecule has 0 heterocycles. The quantitative estimate of drug-likeness (QED) is 0.822. The Hall–Kier alpha value is -2.34. The van der Waals surface area contributed by atoms with Crippen molar-refractivity contribution in [1.82, 2.24) is 0 Å². The molecule has 0 atom stereocenters. The van der Waals surface area contributed by atoms with Crippen LogP contribution in [0.15, 0.2) is 42.5 Å². The highest BCUT2D eigenvalue weighted by Gasteiger charge is 2.04. The molecule has 2 rings (SSSR count).